The van der Waals surface area contributed by atoms with Gasteiger partial charge in [-0.05, 0) is 74.5 Å². The summed E-state index contributed by atoms with van der Waals surface area (Å²) in [6.45, 7) is -0.224. The van der Waals surface area contributed by atoms with E-state index >= 15 is 0 Å². The third-order valence-corrected chi connectivity index (χ3v) is 7.58. The van der Waals surface area contributed by atoms with E-state index in [1.165, 1.54) is 43.4 Å². The molecule has 5 nitrogen and oxygen atoms in total. The van der Waals surface area contributed by atoms with E-state index in [4.69, 9.17) is 0 Å². The molecule has 1 saturated heterocycles. The first-order valence-corrected chi connectivity index (χ1v) is 10.9. The zero-order chi connectivity index (χ0) is 20.8. The first kappa shape index (κ1) is 20.8. The molecule has 0 radical (unpaired) electrons. The molecular formula is C21H31F3N2O3. The van der Waals surface area contributed by atoms with E-state index in [9.17, 15) is 22.8 Å². The van der Waals surface area contributed by atoms with Crippen molar-refractivity contribution < 1.29 is 27.5 Å². The van der Waals surface area contributed by atoms with Crippen molar-refractivity contribution >= 4 is 12.0 Å². The average molecular weight is 416 g/mol. The standard InChI is InChI=1S/C21H31F3N2O3/c1-25(12-20-9-14-6-15(10-20)8-16(7-14)11-20)18(27)17-2-4-26(5-3-17)19(28)29-13-21(22,23)24/h14-17H,2-13H2,1H3. The molecule has 0 N–H and O–H groups in total. The predicted octanol–water partition coefficient (Wildman–Crippen LogP) is 4.07. The Kier molecular flexibility index (Phi) is 5.49. The van der Waals surface area contributed by atoms with Crippen LogP contribution in [0.15, 0.2) is 0 Å². The number of piperidine rings is 1. The van der Waals surface area contributed by atoms with Crippen LogP contribution in [-0.2, 0) is 9.53 Å². The number of ether oxygens (including phenoxy) is 1. The number of carbonyl (C=O) groups excluding carboxylic acids is 2. The van der Waals surface area contributed by atoms with Gasteiger partial charge < -0.3 is 14.5 Å². The van der Waals surface area contributed by atoms with E-state index in [2.05, 4.69) is 4.74 Å². The summed E-state index contributed by atoms with van der Waals surface area (Å²) in [5.41, 5.74) is 0.293. The molecule has 0 atom stereocenters. The molecule has 29 heavy (non-hydrogen) atoms. The van der Waals surface area contributed by atoms with Gasteiger partial charge in [-0.2, -0.15) is 13.2 Å². The van der Waals surface area contributed by atoms with Gasteiger partial charge in [-0.15, -0.1) is 0 Å². The molecule has 5 fully saturated rings. The van der Waals surface area contributed by atoms with E-state index in [1.807, 2.05) is 11.9 Å². The van der Waals surface area contributed by atoms with Crippen LogP contribution in [0.25, 0.3) is 0 Å². The Balaban J connectivity index is 1.26. The first-order valence-electron chi connectivity index (χ1n) is 10.9. The van der Waals surface area contributed by atoms with Crippen LogP contribution < -0.4 is 0 Å². The molecule has 1 aliphatic heterocycles. The summed E-state index contributed by atoms with van der Waals surface area (Å²) in [5.74, 6) is 2.48. The molecule has 164 valence electrons. The normalized spacial score (nSPS) is 34.3. The highest BCUT2D eigenvalue weighted by atomic mass is 19.4. The van der Waals surface area contributed by atoms with Gasteiger partial charge in [0.05, 0.1) is 0 Å². The first-order chi connectivity index (χ1) is 13.6. The van der Waals surface area contributed by atoms with E-state index in [-0.39, 0.29) is 24.9 Å². The van der Waals surface area contributed by atoms with Gasteiger partial charge in [-0.3, -0.25) is 4.79 Å². The topological polar surface area (TPSA) is 49.9 Å². The van der Waals surface area contributed by atoms with Gasteiger partial charge in [0.25, 0.3) is 0 Å². The number of halogens is 3. The molecule has 0 aromatic rings. The molecule has 4 aliphatic carbocycles. The second-order valence-corrected chi connectivity index (χ2v) is 10.0. The van der Waals surface area contributed by atoms with Crippen LogP contribution in [-0.4, -0.2) is 61.3 Å². The Labute approximate surface area is 169 Å². The predicted molar refractivity (Wildman–Crippen MR) is 99.9 cm³/mol. The lowest BCUT2D eigenvalue weighted by Gasteiger charge is -2.57. The van der Waals surface area contributed by atoms with E-state index in [1.54, 1.807) is 0 Å². The number of rotatable bonds is 4. The molecule has 0 aromatic heterocycles. The summed E-state index contributed by atoms with van der Waals surface area (Å²) >= 11 is 0. The minimum Gasteiger partial charge on any atom is -0.440 e. The van der Waals surface area contributed by atoms with Crippen LogP contribution in [0.2, 0.25) is 0 Å². The zero-order valence-electron chi connectivity index (χ0n) is 17.0. The Hall–Kier alpha value is -1.47. The summed E-state index contributed by atoms with van der Waals surface area (Å²) in [4.78, 5) is 27.9. The summed E-state index contributed by atoms with van der Waals surface area (Å²) in [7, 11) is 1.89. The van der Waals surface area contributed by atoms with Crippen molar-refractivity contribution in [3.63, 3.8) is 0 Å². The van der Waals surface area contributed by atoms with E-state index in [0.717, 1.165) is 24.3 Å². The number of amides is 2. The number of likely N-dealkylation sites (tertiary alicyclic amines) is 1. The van der Waals surface area contributed by atoms with Crippen molar-refractivity contribution in [2.24, 2.45) is 29.1 Å². The van der Waals surface area contributed by atoms with Crippen molar-refractivity contribution in [1.29, 1.82) is 0 Å². The van der Waals surface area contributed by atoms with Gasteiger partial charge in [0.15, 0.2) is 6.61 Å². The lowest BCUT2D eigenvalue weighted by Crippen LogP contribution is -2.52. The van der Waals surface area contributed by atoms with Gasteiger partial charge in [-0.1, -0.05) is 0 Å². The Bertz CT molecular complexity index is 608. The highest BCUT2D eigenvalue weighted by Crippen LogP contribution is 2.60. The monoisotopic (exact) mass is 416 g/mol. The molecule has 0 unspecified atom stereocenters. The van der Waals surface area contributed by atoms with E-state index < -0.39 is 18.9 Å². The minimum absolute atomic E-state index is 0.115. The highest BCUT2D eigenvalue weighted by molar-refractivity contribution is 5.79. The van der Waals surface area contributed by atoms with Gasteiger partial charge in [-0.25, -0.2) is 4.79 Å². The van der Waals surface area contributed by atoms with Gasteiger partial charge >= 0.3 is 12.3 Å². The molecule has 8 heteroatoms. The number of carbonyl (C=O) groups is 2. The van der Waals surface area contributed by atoms with Crippen molar-refractivity contribution in [3.8, 4) is 0 Å². The fourth-order valence-electron chi connectivity index (χ4n) is 6.92. The summed E-state index contributed by atoms with van der Waals surface area (Å²) in [6.07, 6.45) is 3.36. The number of hydrogen-bond acceptors (Lipinski definition) is 3. The SMILES string of the molecule is CN(CC12CC3CC(CC(C3)C1)C2)C(=O)C1CCN(C(=O)OCC(F)(F)F)CC1. The number of nitrogens with zero attached hydrogens (tertiary/aromatic N) is 2. The molecule has 1 heterocycles. The van der Waals surface area contributed by atoms with E-state index in [0.29, 0.717) is 18.3 Å². The Morgan fingerprint density at radius 2 is 1.55 bits per heavy atom. The molecule has 5 rings (SSSR count). The second kappa shape index (κ2) is 7.65. The molecule has 4 saturated carbocycles. The van der Waals surface area contributed by atoms with Crippen LogP contribution in [0.1, 0.15) is 51.4 Å². The van der Waals surface area contributed by atoms with Crippen molar-refractivity contribution in [2.45, 2.75) is 57.5 Å². The Morgan fingerprint density at radius 1 is 1.03 bits per heavy atom. The number of alkyl halides is 3. The molecule has 0 spiro atoms. The third-order valence-electron chi connectivity index (χ3n) is 7.58. The van der Waals surface area contributed by atoms with Crippen LogP contribution in [0.3, 0.4) is 0 Å². The van der Waals surface area contributed by atoms with Crippen LogP contribution in [0.4, 0.5) is 18.0 Å². The van der Waals surface area contributed by atoms with Crippen LogP contribution in [0, 0.1) is 29.1 Å². The summed E-state index contributed by atoms with van der Waals surface area (Å²) < 4.78 is 40.9. The Morgan fingerprint density at radius 3 is 2.03 bits per heavy atom. The average Bonchev–Trinajstić information content (AvgIpc) is 2.63. The minimum atomic E-state index is -4.52. The summed E-state index contributed by atoms with van der Waals surface area (Å²) in [5, 5.41) is 0. The third kappa shape index (κ3) is 4.66. The number of hydrogen-bond donors (Lipinski definition) is 0. The highest BCUT2D eigenvalue weighted by Gasteiger charge is 2.51. The maximum atomic E-state index is 13.0. The van der Waals surface area contributed by atoms with Crippen molar-refractivity contribution in [3.05, 3.63) is 0 Å². The lowest BCUT2D eigenvalue weighted by atomic mass is 9.49. The van der Waals surface area contributed by atoms with Crippen molar-refractivity contribution in [2.75, 3.05) is 33.3 Å². The maximum Gasteiger partial charge on any atom is 0.422 e. The van der Waals surface area contributed by atoms with Crippen molar-refractivity contribution in [1.82, 2.24) is 9.80 Å². The molecule has 4 bridgehead atoms. The largest absolute Gasteiger partial charge is 0.440 e. The molecule has 5 aliphatic rings. The molecule has 2 amide bonds. The van der Waals surface area contributed by atoms with Gasteiger partial charge in [0.2, 0.25) is 5.91 Å². The summed E-state index contributed by atoms with van der Waals surface area (Å²) in [6, 6.07) is 0. The molecule has 0 aromatic carbocycles. The smallest absolute Gasteiger partial charge is 0.422 e. The molecular weight excluding hydrogens is 385 g/mol. The maximum absolute atomic E-state index is 13.0. The van der Waals surface area contributed by atoms with Gasteiger partial charge in [0.1, 0.15) is 0 Å². The van der Waals surface area contributed by atoms with Crippen LogP contribution in [0.5, 0.6) is 0 Å². The lowest BCUT2D eigenvalue weighted by molar-refractivity contribution is -0.162. The fourth-order valence-corrected chi connectivity index (χ4v) is 6.92. The second-order valence-electron chi connectivity index (χ2n) is 10.0. The zero-order valence-corrected chi connectivity index (χ0v) is 17.0. The fraction of sp³-hybridized carbons (Fsp3) is 0.905. The quantitative estimate of drug-likeness (QED) is 0.694. The van der Waals surface area contributed by atoms with Crippen LogP contribution >= 0.6 is 0 Å². The van der Waals surface area contributed by atoms with Gasteiger partial charge in [0, 0.05) is 32.6 Å².